The third-order valence-corrected chi connectivity index (χ3v) is 7.91. The van der Waals surface area contributed by atoms with Crippen molar-refractivity contribution in [3.8, 4) is 11.5 Å². The zero-order valence-corrected chi connectivity index (χ0v) is 24.4. The van der Waals surface area contributed by atoms with E-state index in [1.165, 1.54) is 0 Å². The molecule has 1 fully saturated rings. The zero-order valence-electron chi connectivity index (χ0n) is 23.6. The predicted octanol–water partition coefficient (Wildman–Crippen LogP) is 5.61. The SMILES string of the molecule is CCc1cccc(NC(=O)N(CC(=O)N(CCc2ccc(OC)c(OC)c2)Cc2cccs2)CC2CCCO2)c1. The molecule has 4 rings (SSSR count). The van der Waals surface area contributed by atoms with Crippen LogP contribution in [0.25, 0.3) is 0 Å². The molecule has 40 heavy (non-hydrogen) atoms. The molecule has 9 heteroatoms. The highest BCUT2D eigenvalue weighted by molar-refractivity contribution is 7.09. The number of urea groups is 1. The van der Waals surface area contributed by atoms with Crippen molar-refractivity contribution in [2.24, 2.45) is 0 Å². The lowest BCUT2D eigenvalue weighted by atomic mass is 10.1. The largest absolute Gasteiger partial charge is 0.493 e. The quantitative estimate of drug-likeness (QED) is 0.291. The van der Waals surface area contributed by atoms with Crippen molar-refractivity contribution < 1.29 is 23.8 Å². The average Bonchev–Trinajstić information content (AvgIpc) is 3.69. The summed E-state index contributed by atoms with van der Waals surface area (Å²) in [6.45, 7) is 4.08. The van der Waals surface area contributed by atoms with Crippen LogP contribution in [0.4, 0.5) is 10.5 Å². The Morgan fingerprint density at radius 3 is 2.58 bits per heavy atom. The molecule has 0 aliphatic carbocycles. The molecule has 3 amide bonds. The lowest BCUT2D eigenvalue weighted by Gasteiger charge is -2.29. The molecule has 2 heterocycles. The number of rotatable bonds is 13. The van der Waals surface area contributed by atoms with E-state index in [0.29, 0.717) is 44.2 Å². The molecule has 1 aliphatic rings. The van der Waals surface area contributed by atoms with Crippen molar-refractivity contribution in [3.05, 3.63) is 76.0 Å². The zero-order chi connectivity index (χ0) is 28.3. The smallest absolute Gasteiger partial charge is 0.322 e. The highest BCUT2D eigenvalue weighted by Crippen LogP contribution is 2.28. The Morgan fingerprint density at radius 1 is 1.02 bits per heavy atom. The number of carbonyl (C=O) groups is 2. The van der Waals surface area contributed by atoms with Crippen molar-refractivity contribution in [3.63, 3.8) is 0 Å². The van der Waals surface area contributed by atoms with Crippen molar-refractivity contribution in [2.75, 3.05) is 45.8 Å². The van der Waals surface area contributed by atoms with E-state index in [4.69, 9.17) is 14.2 Å². The Bertz CT molecular complexity index is 1240. The molecule has 2 aromatic carbocycles. The van der Waals surface area contributed by atoms with Gasteiger partial charge in [0.25, 0.3) is 0 Å². The topological polar surface area (TPSA) is 80.3 Å². The van der Waals surface area contributed by atoms with E-state index in [9.17, 15) is 9.59 Å². The minimum atomic E-state index is -0.298. The maximum Gasteiger partial charge on any atom is 0.322 e. The van der Waals surface area contributed by atoms with Crippen LogP contribution in [0.15, 0.2) is 60.0 Å². The number of nitrogens with zero attached hydrogens (tertiary/aromatic N) is 2. The monoisotopic (exact) mass is 565 g/mol. The number of methoxy groups -OCH3 is 2. The number of thiophene rings is 1. The van der Waals surface area contributed by atoms with Crippen molar-refractivity contribution in [2.45, 2.75) is 45.3 Å². The summed E-state index contributed by atoms with van der Waals surface area (Å²) in [5, 5.41) is 5.01. The molecule has 0 saturated carbocycles. The first-order valence-corrected chi connectivity index (χ1v) is 14.6. The van der Waals surface area contributed by atoms with E-state index in [1.807, 2.05) is 64.9 Å². The highest BCUT2D eigenvalue weighted by Gasteiger charge is 2.27. The molecule has 8 nitrogen and oxygen atoms in total. The Kier molecular flexibility index (Phi) is 10.8. The van der Waals surface area contributed by atoms with Crippen LogP contribution >= 0.6 is 11.3 Å². The molecule has 0 spiro atoms. The van der Waals surface area contributed by atoms with E-state index >= 15 is 0 Å². The van der Waals surface area contributed by atoms with Crippen LogP contribution in [0.1, 0.15) is 35.8 Å². The van der Waals surface area contributed by atoms with Gasteiger partial charge in [-0.2, -0.15) is 0 Å². The number of benzene rings is 2. The van der Waals surface area contributed by atoms with Crippen molar-refractivity contribution in [1.29, 1.82) is 0 Å². The standard InChI is InChI=1S/C31H39N3O5S/c1-4-23-8-5-9-25(18-23)32-31(36)34(20-26-10-6-16-39-26)22-30(35)33(21-27-11-7-17-40-27)15-14-24-12-13-28(37-2)29(19-24)38-3/h5,7-9,11-13,17-19,26H,4,6,10,14-16,20-22H2,1-3H3,(H,32,36). The van der Waals surface area contributed by atoms with E-state index in [1.54, 1.807) is 30.5 Å². The molecule has 0 radical (unpaired) electrons. The van der Waals surface area contributed by atoms with Crippen LogP contribution in [0, 0.1) is 0 Å². The fourth-order valence-electron chi connectivity index (χ4n) is 4.77. The van der Waals surface area contributed by atoms with Gasteiger partial charge in [-0.15, -0.1) is 11.3 Å². The second-order valence-electron chi connectivity index (χ2n) is 9.83. The van der Waals surface area contributed by atoms with Crippen LogP contribution < -0.4 is 14.8 Å². The number of ether oxygens (including phenoxy) is 3. The highest BCUT2D eigenvalue weighted by atomic mass is 32.1. The number of anilines is 1. The minimum absolute atomic E-state index is 0.0313. The Morgan fingerprint density at radius 2 is 1.88 bits per heavy atom. The van der Waals surface area contributed by atoms with Gasteiger partial charge in [0.1, 0.15) is 6.54 Å². The summed E-state index contributed by atoms with van der Waals surface area (Å²) >= 11 is 1.61. The van der Waals surface area contributed by atoms with Crippen molar-refractivity contribution in [1.82, 2.24) is 9.80 Å². The van der Waals surface area contributed by atoms with Gasteiger partial charge in [0, 0.05) is 30.3 Å². The van der Waals surface area contributed by atoms with Gasteiger partial charge in [0.15, 0.2) is 11.5 Å². The summed E-state index contributed by atoms with van der Waals surface area (Å²) in [6.07, 6.45) is 3.28. The molecule has 1 aromatic heterocycles. The molecule has 1 atom stereocenters. The molecule has 214 valence electrons. The molecule has 0 bridgehead atoms. The van der Waals surface area contributed by atoms with Gasteiger partial charge in [-0.3, -0.25) is 4.79 Å². The summed E-state index contributed by atoms with van der Waals surface area (Å²) in [5.41, 5.74) is 2.89. The van der Waals surface area contributed by atoms with Gasteiger partial charge in [0.05, 0.1) is 26.9 Å². The van der Waals surface area contributed by atoms with Crippen LogP contribution in [0.2, 0.25) is 0 Å². The van der Waals surface area contributed by atoms with Crippen LogP contribution in [0.3, 0.4) is 0 Å². The fraction of sp³-hybridized carbons (Fsp3) is 0.419. The lowest BCUT2D eigenvalue weighted by Crippen LogP contribution is -2.47. The van der Waals surface area contributed by atoms with Gasteiger partial charge in [-0.25, -0.2) is 4.79 Å². The summed E-state index contributed by atoms with van der Waals surface area (Å²) < 4.78 is 16.6. The molecule has 1 aliphatic heterocycles. The Balaban J connectivity index is 1.49. The number of aryl methyl sites for hydroxylation is 1. The number of nitrogens with one attached hydrogen (secondary N) is 1. The second-order valence-corrected chi connectivity index (χ2v) is 10.9. The first kappa shape index (κ1) is 29.4. The number of hydrogen-bond acceptors (Lipinski definition) is 6. The molecule has 3 aromatic rings. The molecule has 1 N–H and O–H groups in total. The third-order valence-electron chi connectivity index (χ3n) is 7.05. The normalized spacial score (nSPS) is 14.5. The number of hydrogen-bond donors (Lipinski definition) is 1. The van der Waals surface area contributed by atoms with E-state index in [0.717, 1.165) is 41.0 Å². The fourth-order valence-corrected chi connectivity index (χ4v) is 5.49. The molecule has 1 saturated heterocycles. The molecule has 1 unspecified atom stereocenters. The van der Waals surface area contributed by atoms with Gasteiger partial charge >= 0.3 is 6.03 Å². The Labute approximate surface area is 240 Å². The van der Waals surface area contributed by atoms with Crippen molar-refractivity contribution >= 4 is 29.0 Å². The average molecular weight is 566 g/mol. The van der Waals surface area contributed by atoms with E-state index < -0.39 is 0 Å². The van der Waals surface area contributed by atoms with E-state index in [2.05, 4.69) is 12.2 Å². The van der Waals surface area contributed by atoms with Gasteiger partial charge < -0.3 is 29.3 Å². The lowest BCUT2D eigenvalue weighted by molar-refractivity contribution is -0.132. The first-order chi connectivity index (χ1) is 19.5. The third kappa shape index (κ3) is 8.22. The van der Waals surface area contributed by atoms with Gasteiger partial charge in [-0.1, -0.05) is 31.2 Å². The van der Waals surface area contributed by atoms with Crippen LogP contribution in [-0.4, -0.2) is 68.3 Å². The summed E-state index contributed by atoms with van der Waals surface area (Å²) in [6, 6.07) is 17.3. The van der Waals surface area contributed by atoms with Crippen LogP contribution in [0.5, 0.6) is 11.5 Å². The summed E-state index contributed by atoms with van der Waals surface area (Å²) in [7, 11) is 3.22. The predicted molar refractivity (Wildman–Crippen MR) is 158 cm³/mol. The maximum absolute atomic E-state index is 13.8. The number of carbonyl (C=O) groups excluding carboxylic acids is 2. The second kappa shape index (κ2) is 14.7. The van der Waals surface area contributed by atoms with Crippen LogP contribution in [-0.2, 0) is 28.9 Å². The summed E-state index contributed by atoms with van der Waals surface area (Å²) in [5.74, 6) is 1.21. The first-order valence-electron chi connectivity index (χ1n) is 13.8. The molecular weight excluding hydrogens is 526 g/mol. The van der Waals surface area contributed by atoms with Gasteiger partial charge in [-0.05, 0) is 72.5 Å². The maximum atomic E-state index is 13.8. The Hall–Kier alpha value is -3.56. The van der Waals surface area contributed by atoms with E-state index in [-0.39, 0.29) is 24.6 Å². The minimum Gasteiger partial charge on any atom is -0.493 e. The number of amides is 3. The molecular formula is C31H39N3O5S. The van der Waals surface area contributed by atoms with Gasteiger partial charge in [0.2, 0.25) is 5.91 Å². The summed E-state index contributed by atoms with van der Waals surface area (Å²) in [4.78, 5) is 31.7.